The van der Waals surface area contributed by atoms with Crippen molar-refractivity contribution in [1.29, 1.82) is 0 Å². The molecule has 7 nitrogen and oxygen atoms in total. The molecule has 2 N–H and O–H groups in total. The smallest absolute Gasteiger partial charge is 0.307 e. The second-order valence-corrected chi connectivity index (χ2v) is 3.86. The van der Waals surface area contributed by atoms with Crippen LogP contribution in [-0.4, -0.2) is 31.7 Å². The van der Waals surface area contributed by atoms with Gasteiger partial charge in [-0.1, -0.05) is 0 Å². The minimum Gasteiger partial charge on any atom is -0.481 e. The monoisotopic (exact) mass is 224 g/mol. The fourth-order valence-electron chi connectivity index (χ4n) is 1.52. The van der Waals surface area contributed by atoms with E-state index in [1.54, 1.807) is 17.9 Å². The van der Waals surface area contributed by atoms with Gasteiger partial charge in [0, 0.05) is 7.05 Å². The normalized spacial score (nSPS) is 22.8. The van der Waals surface area contributed by atoms with Crippen LogP contribution in [0.2, 0.25) is 0 Å². The number of carbonyl (C=O) groups excluding carboxylic acids is 1. The van der Waals surface area contributed by atoms with Crippen LogP contribution in [0, 0.1) is 11.8 Å². The number of carboxylic acids is 1. The third-order valence-corrected chi connectivity index (χ3v) is 2.67. The number of hydrogen-bond acceptors (Lipinski definition) is 4. The van der Waals surface area contributed by atoms with Crippen molar-refractivity contribution in [3.63, 3.8) is 0 Å². The molecule has 2 unspecified atom stereocenters. The predicted molar refractivity (Wildman–Crippen MR) is 52.1 cm³/mol. The van der Waals surface area contributed by atoms with Gasteiger partial charge < -0.3 is 15.0 Å². The molecule has 0 aromatic carbocycles. The molecule has 2 atom stereocenters. The van der Waals surface area contributed by atoms with Crippen molar-refractivity contribution in [2.75, 3.05) is 0 Å². The van der Waals surface area contributed by atoms with Crippen LogP contribution in [-0.2, 0) is 23.2 Å². The van der Waals surface area contributed by atoms with E-state index in [1.807, 2.05) is 0 Å². The van der Waals surface area contributed by atoms with Gasteiger partial charge in [0.2, 0.25) is 5.91 Å². The minimum atomic E-state index is -0.904. The van der Waals surface area contributed by atoms with E-state index in [1.165, 1.54) is 0 Å². The molecule has 1 fully saturated rings. The van der Waals surface area contributed by atoms with E-state index in [4.69, 9.17) is 5.11 Å². The Morgan fingerprint density at radius 3 is 2.88 bits per heavy atom. The van der Waals surface area contributed by atoms with E-state index >= 15 is 0 Å². The number of carboxylic acid groups (broad SMARTS) is 1. The lowest BCUT2D eigenvalue weighted by atomic mass is 10.3. The zero-order valence-electron chi connectivity index (χ0n) is 8.75. The number of rotatable bonds is 4. The van der Waals surface area contributed by atoms with Gasteiger partial charge in [-0.05, 0) is 6.42 Å². The average molecular weight is 224 g/mol. The van der Waals surface area contributed by atoms with Gasteiger partial charge in [0.15, 0.2) is 5.82 Å². The van der Waals surface area contributed by atoms with Crippen LogP contribution in [0.5, 0.6) is 0 Å². The lowest BCUT2D eigenvalue weighted by Crippen LogP contribution is -2.27. The number of amides is 1. The highest BCUT2D eigenvalue weighted by atomic mass is 16.4. The molecule has 86 valence electrons. The SMILES string of the molecule is Cn1cnnc1CNC(=O)C1CC1C(=O)O. The fraction of sp³-hybridized carbons (Fsp3) is 0.556. The third kappa shape index (κ3) is 2.02. The number of nitrogens with zero attached hydrogens (tertiary/aromatic N) is 3. The second kappa shape index (κ2) is 3.92. The van der Waals surface area contributed by atoms with Crippen molar-refractivity contribution in [3.05, 3.63) is 12.2 Å². The van der Waals surface area contributed by atoms with Gasteiger partial charge in [-0.15, -0.1) is 10.2 Å². The van der Waals surface area contributed by atoms with E-state index < -0.39 is 11.9 Å². The number of hydrogen-bond donors (Lipinski definition) is 2. The quantitative estimate of drug-likeness (QED) is 0.694. The molecule has 1 amide bonds. The Morgan fingerprint density at radius 1 is 1.62 bits per heavy atom. The Morgan fingerprint density at radius 2 is 2.38 bits per heavy atom. The molecule has 1 heterocycles. The molecular weight excluding hydrogens is 212 g/mol. The number of aryl methyl sites for hydroxylation is 1. The second-order valence-electron chi connectivity index (χ2n) is 3.86. The van der Waals surface area contributed by atoms with Crippen LogP contribution in [0.15, 0.2) is 6.33 Å². The molecule has 1 saturated carbocycles. The van der Waals surface area contributed by atoms with Gasteiger partial charge in [0.25, 0.3) is 0 Å². The molecule has 0 radical (unpaired) electrons. The number of carbonyl (C=O) groups is 2. The Kier molecular flexibility index (Phi) is 2.59. The molecule has 1 aromatic rings. The van der Waals surface area contributed by atoms with Crippen LogP contribution >= 0.6 is 0 Å². The van der Waals surface area contributed by atoms with Gasteiger partial charge in [-0.2, -0.15) is 0 Å². The van der Waals surface area contributed by atoms with Crippen LogP contribution in [0.3, 0.4) is 0 Å². The standard InChI is InChI=1S/C9H12N4O3/c1-13-4-11-12-7(13)3-10-8(14)5-2-6(5)9(15)16/h4-6H,2-3H2,1H3,(H,10,14)(H,15,16). The fourth-order valence-corrected chi connectivity index (χ4v) is 1.52. The number of aliphatic carboxylic acids is 1. The molecule has 1 aromatic heterocycles. The summed E-state index contributed by atoms with van der Waals surface area (Å²) in [5.74, 6) is -1.39. The van der Waals surface area contributed by atoms with Gasteiger partial charge in [-0.3, -0.25) is 9.59 Å². The molecule has 1 aliphatic carbocycles. The summed E-state index contributed by atoms with van der Waals surface area (Å²) in [5.41, 5.74) is 0. The Labute approximate surface area is 91.5 Å². The van der Waals surface area contributed by atoms with E-state index in [2.05, 4.69) is 15.5 Å². The third-order valence-electron chi connectivity index (χ3n) is 2.67. The highest BCUT2D eigenvalue weighted by Crippen LogP contribution is 2.38. The summed E-state index contributed by atoms with van der Waals surface area (Å²) in [6.07, 6.45) is 1.97. The lowest BCUT2D eigenvalue weighted by Gasteiger charge is -2.03. The van der Waals surface area contributed by atoms with Crippen molar-refractivity contribution in [2.24, 2.45) is 18.9 Å². The van der Waals surface area contributed by atoms with Crippen molar-refractivity contribution in [1.82, 2.24) is 20.1 Å². The molecule has 2 rings (SSSR count). The van der Waals surface area contributed by atoms with E-state index in [0.717, 1.165) is 0 Å². The summed E-state index contributed by atoms with van der Waals surface area (Å²) in [4.78, 5) is 22.1. The summed E-state index contributed by atoms with van der Waals surface area (Å²) in [5, 5.41) is 18.8. The molecular formula is C9H12N4O3. The molecule has 7 heteroatoms. The predicted octanol–water partition coefficient (Wildman–Crippen LogP) is -0.848. The first-order valence-corrected chi connectivity index (χ1v) is 4.93. The summed E-state index contributed by atoms with van der Waals surface area (Å²) >= 11 is 0. The van der Waals surface area contributed by atoms with E-state index in [9.17, 15) is 9.59 Å². The van der Waals surface area contributed by atoms with Crippen molar-refractivity contribution >= 4 is 11.9 Å². The summed E-state index contributed by atoms with van der Waals surface area (Å²) in [7, 11) is 1.78. The largest absolute Gasteiger partial charge is 0.481 e. The van der Waals surface area contributed by atoms with Crippen LogP contribution < -0.4 is 5.32 Å². The number of aromatic nitrogens is 3. The Bertz CT molecular complexity index is 428. The zero-order valence-corrected chi connectivity index (χ0v) is 8.75. The highest BCUT2D eigenvalue weighted by molar-refractivity contribution is 5.89. The van der Waals surface area contributed by atoms with Crippen molar-refractivity contribution in [3.8, 4) is 0 Å². The maximum atomic E-state index is 11.5. The highest BCUT2D eigenvalue weighted by Gasteiger charge is 2.48. The maximum Gasteiger partial charge on any atom is 0.307 e. The first-order valence-electron chi connectivity index (χ1n) is 4.93. The molecule has 16 heavy (non-hydrogen) atoms. The summed E-state index contributed by atoms with van der Waals surface area (Å²) in [6, 6.07) is 0. The van der Waals surface area contributed by atoms with Gasteiger partial charge >= 0.3 is 5.97 Å². The molecule has 0 spiro atoms. The summed E-state index contributed by atoms with van der Waals surface area (Å²) < 4.78 is 1.70. The van der Waals surface area contributed by atoms with Gasteiger partial charge in [-0.25, -0.2) is 0 Å². The minimum absolute atomic E-state index is 0.226. The molecule has 0 bridgehead atoms. The first-order chi connectivity index (χ1) is 7.59. The zero-order chi connectivity index (χ0) is 11.7. The first kappa shape index (κ1) is 10.6. The molecule has 0 aliphatic heterocycles. The van der Waals surface area contributed by atoms with Crippen LogP contribution in [0.25, 0.3) is 0 Å². The van der Waals surface area contributed by atoms with Crippen LogP contribution in [0.4, 0.5) is 0 Å². The van der Waals surface area contributed by atoms with Crippen molar-refractivity contribution < 1.29 is 14.7 Å². The molecule has 0 saturated heterocycles. The lowest BCUT2D eigenvalue weighted by molar-refractivity contribution is -0.140. The van der Waals surface area contributed by atoms with Crippen molar-refractivity contribution in [2.45, 2.75) is 13.0 Å². The Hall–Kier alpha value is -1.92. The van der Waals surface area contributed by atoms with Crippen LogP contribution in [0.1, 0.15) is 12.2 Å². The topological polar surface area (TPSA) is 97.1 Å². The molecule has 1 aliphatic rings. The van der Waals surface area contributed by atoms with E-state index in [-0.39, 0.29) is 18.4 Å². The average Bonchev–Trinajstić information content (AvgIpc) is 2.94. The summed E-state index contributed by atoms with van der Waals surface area (Å²) in [6.45, 7) is 0.276. The van der Waals surface area contributed by atoms with Gasteiger partial charge in [0.1, 0.15) is 6.33 Å². The maximum absolute atomic E-state index is 11.5. The number of nitrogens with one attached hydrogen (secondary N) is 1. The Balaban J connectivity index is 1.82. The van der Waals surface area contributed by atoms with E-state index in [0.29, 0.717) is 12.2 Å². The van der Waals surface area contributed by atoms with Gasteiger partial charge in [0.05, 0.1) is 18.4 Å².